The molecule has 0 bridgehead atoms. The summed E-state index contributed by atoms with van der Waals surface area (Å²) in [5, 5.41) is 1.04. The molecule has 1 rings (SSSR count). The summed E-state index contributed by atoms with van der Waals surface area (Å²) < 4.78 is 10.9. The van der Waals surface area contributed by atoms with Crippen molar-refractivity contribution in [3.05, 3.63) is 18.2 Å². The molecule has 0 aliphatic rings. The molecule has 1 atom stereocenters. The molecule has 0 aromatic heterocycles. The van der Waals surface area contributed by atoms with Crippen LogP contribution in [0.25, 0.3) is 0 Å². The average molecular weight is 198 g/mol. The van der Waals surface area contributed by atoms with Crippen molar-refractivity contribution in [1.82, 2.24) is 0 Å². The van der Waals surface area contributed by atoms with Crippen LogP contribution in [0.1, 0.15) is 13.8 Å². The van der Waals surface area contributed by atoms with Gasteiger partial charge in [0.05, 0.1) is 13.2 Å². The summed E-state index contributed by atoms with van der Waals surface area (Å²) in [6, 6.07) is 5.86. The Morgan fingerprint density at radius 2 is 1.85 bits per heavy atom. The predicted octanol–water partition coefficient (Wildman–Crippen LogP) is 1.98. The fourth-order valence-corrected chi connectivity index (χ4v) is 1.44. The van der Waals surface area contributed by atoms with E-state index in [9.17, 15) is 0 Å². The second-order valence-corrected chi connectivity index (χ2v) is 3.16. The first kappa shape index (κ1) is 10.3. The Labute approximate surface area is 81.4 Å². The quantitative estimate of drug-likeness (QED) is 0.689. The van der Waals surface area contributed by atoms with Crippen LogP contribution in [0.5, 0.6) is 11.5 Å². The zero-order valence-corrected chi connectivity index (χ0v) is 9.19. The van der Waals surface area contributed by atoms with Crippen molar-refractivity contribution in [2.45, 2.75) is 13.8 Å². The molecule has 0 N–H and O–H groups in total. The van der Waals surface area contributed by atoms with Crippen LogP contribution in [-0.4, -0.2) is 13.2 Å². The molecule has 1 aromatic carbocycles. The molecule has 13 heavy (non-hydrogen) atoms. The number of ether oxygens (including phenoxy) is 2. The van der Waals surface area contributed by atoms with Gasteiger partial charge in [0.2, 0.25) is 0 Å². The van der Waals surface area contributed by atoms with Crippen molar-refractivity contribution >= 4 is 14.5 Å². The van der Waals surface area contributed by atoms with E-state index in [1.165, 1.54) is 0 Å². The second kappa shape index (κ2) is 5.08. The first-order valence-corrected chi connectivity index (χ1v) is 5.01. The molecule has 0 radical (unpaired) electrons. The highest BCUT2D eigenvalue weighted by Gasteiger charge is 2.06. The van der Waals surface area contributed by atoms with Crippen LogP contribution in [0.4, 0.5) is 0 Å². The number of hydrogen-bond acceptors (Lipinski definition) is 2. The molecular formula is C10H15O2P. The predicted molar refractivity (Wildman–Crippen MR) is 58.1 cm³/mol. The minimum absolute atomic E-state index is 0.658. The molecule has 1 unspecified atom stereocenters. The van der Waals surface area contributed by atoms with Crippen LogP contribution in [0.3, 0.4) is 0 Å². The zero-order chi connectivity index (χ0) is 9.68. The van der Waals surface area contributed by atoms with Crippen molar-refractivity contribution in [2.75, 3.05) is 13.2 Å². The Bertz CT molecular complexity index is 274. The third kappa shape index (κ3) is 2.60. The van der Waals surface area contributed by atoms with E-state index in [-0.39, 0.29) is 0 Å². The summed E-state index contributed by atoms with van der Waals surface area (Å²) in [5.41, 5.74) is 0. The van der Waals surface area contributed by atoms with Crippen LogP contribution in [0.2, 0.25) is 0 Å². The molecule has 2 nitrogen and oxygen atoms in total. The Balaban J connectivity index is 2.95. The van der Waals surface area contributed by atoms with Gasteiger partial charge in [-0.25, -0.2) is 0 Å². The Morgan fingerprint density at radius 3 is 2.46 bits per heavy atom. The Hall–Kier alpha value is -0.750. The van der Waals surface area contributed by atoms with E-state index in [0.29, 0.717) is 13.2 Å². The van der Waals surface area contributed by atoms with Crippen LogP contribution in [-0.2, 0) is 0 Å². The van der Waals surface area contributed by atoms with E-state index in [1.807, 2.05) is 32.0 Å². The average Bonchev–Trinajstić information content (AvgIpc) is 2.11. The summed E-state index contributed by atoms with van der Waals surface area (Å²) >= 11 is 0. The lowest BCUT2D eigenvalue weighted by atomic mass is 10.3. The van der Waals surface area contributed by atoms with Crippen molar-refractivity contribution in [1.29, 1.82) is 0 Å². The maximum atomic E-state index is 5.47. The highest BCUT2D eigenvalue weighted by atomic mass is 31.0. The lowest BCUT2D eigenvalue weighted by Crippen LogP contribution is -2.05. The molecule has 0 amide bonds. The highest BCUT2D eigenvalue weighted by Crippen LogP contribution is 2.26. The minimum atomic E-state index is 0.658. The van der Waals surface area contributed by atoms with Gasteiger partial charge in [0, 0.05) is 5.30 Å². The summed E-state index contributed by atoms with van der Waals surface area (Å²) in [6.45, 7) is 5.25. The first-order chi connectivity index (χ1) is 6.29. The lowest BCUT2D eigenvalue weighted by molar-refractivity contribution is 0.290. The van der Waals surface area contributed by atoms with Gasteiger partial charge < -0.3 is 9.47 Å². The molecule has 1 aromatic rings. The SMILES string of the molecule is CCOc1cccc(P)c1OCC. The highest BCUT2D eigenvalue weighted by molar-refractivity contribution is 7.27. The topological polar surface area (TPSA) is 18.5 Å². The van der Waals surface area contributed by atoms with Crippen molar-refractivity contribution in [3.63, 3.8) is 0 Å². The fraction of sp³-hybridized carbons (Fsp3) is 0.400. The lowest BCUT2D eigenvalue weighted by Gasteiger charge is -2.12. The molecule has 72 valence electrons. The van der Waals surface area contributed by atoms with Crippen LogP contribution in [0.15, 0.2) is 18.2 Å². The van der Waals surface area contributed by atoms with Crippen LogP contribution < -0.4 is 14.8 Å². The normalized spacial score (nSPS) is 9.77. The van der Waals surface area contributed by atoms with Gasteiger partial charge in [0.15, 0.2) is 11.5 Å². The number of rotatable bonds is 4. The maximum Gasteiger partial charge on any atom is 0.168 e. The van der Waals surface area contributed by atoms with Crippen molar-refractivity contribution in [2.24, 2.45) is 0 Å². The standard InChI is InChI=1S/C10H15O2P/c1-3-11-8-6-5-7-9(13)10(8)12-4-2/h5-7H,3-4,13H2,1-2H3. The van der Waals surface area contributed by atoms with Gasteiger partial charge in [0.25, 0.3) is 0 Å². The van der Waals surface area contributed by atoms with Crippen LogP contribution in [0, 0.1) is 0 Å². The van der Waals surface area contributed by atoms with Gasteiger partial charge in [-0.15, -0.1) is 9.24 Å². The molecule has 0 fully saturated rings. The van der Waals surface area contributed by atoms with Gasteiger partial charge in [-0.2, -0.15) is 0 Å². The van der Waals surface area contributed by atoms with E-state index in [0.717, 1.165) is 16.8 Å². The van der Waals surface area contributed by atoms with Crippen molar-refractivity contribution in [3.8, 4) is 11.5 Å². The zero-order valence-electron chi connectivity index (χ0n) is 8.04. The van der Waals surface area contributed by atoms with E-state index in [4.69, 9.17) is 9.47 Å². The third-order valence-corrected chi connectivity index (χ3v) is 2.05. The van der Waals surface area contributed by atoms with Gasteiger partial charge in [-0.05, 0) is 19.9 Å². The molecule has 0 aliphatic carbocycles. The van der Waals surface area contributed by atoms with Gasteiger partial charge in [-0.1, -0.05) is 12.1 Å². The van der Waals surface area contributed by atoms with Gasteiger partial charge in [0.1, 0.15) is 0 Å². The summed E-state index contributed by atoms with van der Waals surface area (Å²) in [5.74, 6) is 1.65. The molecule has 0 saturated heterocycles. The van der Waals surface area contributed by atoms with Gasteiger partial charge in [-0.3, -0.25) is 0 Å². The molecule has 0 saturated carbocycles. The van der Waals surface area contributed by atoms with Gasteiger partial charge >= 0.3 is 0 Å². The first-order valence-electron chi connectivity index (χ1n) is 4.43. The van der Waals surface area contributed by atoms with E-state index in [2.05, 4.69) is 9.24 Å². The molecule has 0 aliphatic heterocycles. The summed E-state index contributed by atoms with van der Waals surface area (Å²) in [6.07, 6.45) is 0. The largest absolute Gasteiger partial charge is 0.490 e. The molecule has 3 heteroatoms. The smallest absolute Gasteiger partial charge is 0.168 e. The number of benzene rings is 1. The molecule has 0 heterocycles. The molecule has 0 spiro atoms. The van der Waals surface area contributed by atoms with Crippen LogP contribution >= 0.6 is 9.24 Å². The van der Waals surface area contributed by atoms with E-state index in [1.54, 1.807) is 0 Å². The molecular weight excluding hydrogens is 183 g/mol. The minimum Gasteiger partial charge on any atom is -0.490 e. The van der Waals surface area contributed by atoms with E-state index < -0.39 is 0 Å². The third-order valence-electron chi connectivity index (χ3n) is 1.60. The number of hydrogen-bond donors (Lipinski definition) is 0. The van der Waals surface area contributed by atoms with Crippen molar-refractivity contribution < 1.29 is 9.47 Å². The monoisotopic (exact) mass is 198 g/mol. The fourth-order valence-electron chi connectivity index (χ4n) is 1.10. The van der Waals surface area contributed by atoms with E-state index >= 15 is 0 Å². The second-order valence-electron chi connectivity index (χ2n) is 2.54. The summed E-state index contributed by atoms with van der Waals surface area (Å²) in [7, 11) is 2.64. The Morgan fingerprint density at radius 1 is 1.15 bits per heavy atom. The maximum absolute atomic E-state index is 5.47. The number of para-hydroxylation sites is 1. The Kier molecular flexibility index (Phi) is 4.04. The summed E-state index contributed by atoms with van der Waals surface area (Å²) in [4.78, 5) is 0.